The monoisotopic (exact) mass is 391 g/mol. The lowest BCUT2D eigenvalue weighted by Gasteiger charge is -2.20. The first kappa shape index (κ1) is 19.4. The first-order valence-corrected chi connectivity index (χ1v) is 9.12. The molecule has 1 aliphatic carbocycles. The van der Waals surface area contributed by atoms with E-state index in [1.807, 2.05) is 13.0 Å². The van der Waals surface area contributed by atoms with Crippen LogP contribution in [0.3, 0.4) is 0 Å². The van der Waals surface area contributed by atoms with Crippen LogP contribution in [0.2, 0.25) is 5.02 Å². The molecular formula is C19H22ClN3O4. The summed E-state index contributed by atoms with van der Waals surface area (Å²) in [4.78, 5) is 30.5. The Morgan fingerprint density at radius 3 is 2.78 bits per heavy atom. The van der Waals surface area contributed by atoms with Gasteiger partial charge in [0, 0.05) is 12.6 Å². The summed E-state index contributed by atoms with van der Waals surface area (Å²) in [6.45, 7) is 1.69. The predicted octanol–water partition coefficient (Wildman–Crippen LogP) is 2.23. The first-order chi connectivity index (χ1) is 12.9. The first-order valence-electron chi connectivity index (χ1n) is 8.75. The number of nitrogens with zero attached hydrogens (tertiary/aromatic N) is 1. The lowest BCUT2D eigenvalue weighted by atomic mass is 10.0. The Morgan fingerprint density at radius 1 is 1.33 bits per heavy atom. The largest absolute Gasteiger partial charge is 0.394 e. The number of pyridine rings is 1. The van der Waals surface area contributed by atoms with Gasteiger partial charge in [-0.15, -0.1) is 0 Å². The van der Waals surface area contributed by atoms with Gasteiger partial charge < -0.3 is 10.4 Å². The van der Waals surface area contributed by atoms with Crippen LogP contribution in [-0.2, 0) is 24.7 Å². The van der Waals surface area contributed by atoms with Gasteiger partial charge in [-0.25, -0.2) is 5.48 Å². The maximum absolute atomic E-state index is 12.8. The number of halogens is 1. The molecule has 0 radical (unpaired) electrons. The molecule has 0 spiro atoms. The van der Waals surface area contributed by atoms with E-state index in [1.165, 1.54) is 4.57 Å². The van der Waals surface area contributed by atoms with E-state index in [0.29, 0.717) is 40.5 Å². The number of benzene rings is 1. The molecule has 1 heterocycles. The van der Waals surface area contributed by atoms with Gasteiger partial charge in [0.1, 0.15) is 5.82 Å². The van der Waals surface area contributed by atoms with Crippen molar-refractivity contribution in [1.82, 2.24) is 10.0 Å². The van der Waals surface area contributed by atoms with Crippen LogP contribution >= 0.6 is 11.6 Å². The maximum atomic E-state index is 12.8. The normalized spacial score (nSPS) is 12.7. The molecule has 1 aromatic heterocycles. The molecule has 144 valence electrons. The Bertz CT molecular complexity index is 940. The van der Waals surface area contributed by atoms with Crippen molar-refractivity contribution in [3.8, 4) is 0 Å². The van der Waals surface area contributed by atoms with Crippen LogP contribution < -0.4 is 16.4 Å². The highest BCUT2D eigenvalue weighted by atomic mass is 35.5. The van der Waals surface area contributed by atoms with Gasteiger partial charge in [0.25, 0.3) is 11.5 Å². The second-order valence-corrected chi connectivity index (χ2v) is 6.92. The van der Waals surface area contributed by atoms with Crippen molar-refractivity contribution < 1.29 is 14.7 Å². The number of amides is 1. The zero-order chi connectivity index (χ0) is 19.6. The minimum atomic E-state index is -0.470. The number of aromatic nitrogens is 1. The molecule has 3 N–H and O–H groups in total. The summed E-state index contributed by atoms with van der Waals surface area (Å²) in [6.07, 6.45) is 2.10. The Morgan fingerprint density at radius 2 is 2.07 bits per heavy atom. The molecule has 27 heavy (non-hydrogen) atoms. The Labute approximate surface area is 161 Å². The van der Waals surface area contributed by atoms with E-state index in [-0.39, 0.29) is 18.8 Å². The summed E-state index contributed by atoms with van der Waals surface area (Å²) in [7, 11) is 1.62. The molecule has 7 nitrogen and oxygen atoms in total. The van der Waals surface area contributed by atoms with E-state index >= 15 is 0 Å². The minimum Gasteiger partial charge on any atom is -0.394 e. The lowest BCUT2D eigenvalue weighted by molar-refractivity contribution is 0.0168. The summed E-state index contributed by atoms with van der Waals surface area (Å²) in [5.41, 5.74) is 5.56. The maximum Gasteiger partial charge on any atom is 0.278 e. The average Bonchev–Trinajstić information content (AvgIpc) is 3.11. The highest BCUT2D eigenvalue weighted by Crippen LogP contribution is 2.32. The third-order valence-electron chi connectivity index (χ3n) is 4.62. The van der Waals surface area contributed by atoms with Crippen LogP contribution in [0, 0.1) is 6.92 Å². The van der Waals surface area contributed by atoms with Crippen molar-refractivity contribution in [3.05, 3.63) is 55.8 Å². The Balaban J connectivity index is 2.09. The number of anilines is 2. The van der Waals surface area contributed by atoms with E-state index in [4.69, 9.17) is 21.5 Å². The fourth-order valence-electron chi connectivity index (χ4n) is 3.32. The molecule has 0 saturated heterocycles. The van der Waals surface area contributed by atoms with Gasteiger partial charge in [0.15, 0.2) is 0 Å². The second kappa shape index (κ2) is 8.12. The summed E-state index contributed by atoms with van der Waals surface area (Å²) in [6, 6.07) is 5.50. The van der Waals surface area contributed by atoms with Gasteiger partial charge in [-0.1, -0.05) is 17.7 Å². The molecule has 1 aliphatic rings. The van der Waals surface area contributed by atoms with Crippen LogP contribution in [0.1, 0.15) is 33.5 Å². The van der Waals surface area contributed by atoms with Crippen LogP contribution in [-0.4, -0.2) is 28.8 Å². The molecule has 0 unspecified atom stereocenters. The number of hydrogen-bond acceptors (Lipinski definition) is 5. The van der Waals surface area contributed by atoms with Gasteiger partial charge >= 0.3 is 0 Å². The van der Waals surface area contributed by atoms with Crippen molar-refractivity contribution in [2.75, 3.05) is 18.5 Å². The third-order valence-corrected chi connectivity index (χ3v) is 4.93. The topological polar surface area (TPSA) is 92.6 Å². The number of nitrogens with one attached hydrogen (secondary N) is 2. The molecule has 2 aromatic rings. The summed E-state index contributed by atoms with van der Waals surface area (Å²) in [5, 5.41) is 12.5. The van der Waals surface area contributed by atoms with Crippen LogP contribution in [0.5, 0.6) is 0 Å². The summed E-state index contributed by atoms with van der Waals surface area (Å²) < 4.78 is 1.43. The standard InChI is InChI=1S/C19H22ClN3O4/c1-11-6-7-15(14(20)10-11)21-17-16(18(25)22-27-9-8-24)12-4-3-5-13(12)19(26)23(17)2/h6-7,10,21,24H,3-5,8-9H2,1-2H3,(H,22,25). The molecule has 0 fully saturated rings. The molecule has 3 rings (SSSR count). The molecule has 0 atom stereocenters. The van der Waals surface area contributed by atoms with E-state index in [0.717, 1.165) is 17.5 Å². The number of fused-ring (bicyclic) bond motifs is 1. The van der Waals surface area contributed by atoms with Crippen molar-refractivity contribution in [3.63, 3.8) is 0 Å². The quantitative estimate of drug-likeness (QED) is 0.518. The number of hydrogen-bond donors (Lipinski definition) is 3. The molecule has 1 aromatic carbocycles. The number of carbonyl (C=O) groups is 1. The van der Waals surface area contributed by atoms with Crippen molar-refractivity contribution in [2.45, 2.75) is 26.2 Å². The zero-order valence-electron chi connectivity index (χ0n) is 15.3. The number of rotatable bonds is 6. The zero-order valence-corrected chi connectivity index (χ0v) is 16.0. The number of aryl methyl sites for hydroxylation is 1. The van der Waals surface area contributed by atoms with Crippen molar-refractivity contribution in [1.29, 1.82) is 0 Å². The number of aliphatic hydroxyl groups is 1. The van der Waals surface area contributed by atoms with Gasteiger partial charge in [-0.2, -0.15) is 0 Å². The van der Waals surface area contributed by atoms with Crippen molar-refractivity contribution >= 4 is 29.0 Å². The highest BCUT2D eigenvalue weighted by Gasteiger charge is 2.28. The molecule has 0 aliphatic heterocycles. The number of aliphatic hydroxyl groups excluding tert-OH is 1. The molecular weight excluding hydrogens is 370 g/mol. The van der Waals surface area contributed by atoms with Crippen LogP contribution in [0.15, 0.2) is 23.0 Å². The van der Waals surface area contributed by atoms with Gasteiger partial charge in [0.05, 0.1) is 29.5 Å². The fraction of sp³-hybridized carbons (Fsp3) is 0.368. The minimum absolute atomic E-state index is 0.0216. The summed E-state index contributed by atoms with van der Waals surface area (Å²) >= 11 is 6.32. The van der Waals surface area contributed by atoms with E-state index < -0.39 is 5.91 Å². The SMILES string of the molecule is Cc1ccc(Nc2c(C(=O)NOCCO)c3c(c(=O)n2C)CCC3)c(Cl)c1. The van der Waals surface area contributed by atoms with Gasteiger partial charge in [-0.05, 0) is 49.4 Å². The predicted molar refractivity (Wildman–Crippen MR) is 104 cm³/mol. The van der Waals surface area contributed by atoms with Gasteiger partial charge in [0.2, 0.25) is 0 Å². The number of carbonyl (C=O) groups excluding carboxylic acids is 1. The molecule has 1 amide bonds. The smallest absolute Gasteiger partial charge is 0.278 e. The van der Waals surface area contributed by atoms with Gasteiger partial charge in [-0.3, -0.25) is 19.0 Å². The van der Waals surface area contributed by atoms with Crippen LogP contribution in [0.4, 0.5) is 11.5 Å². The second-order valence-electron chi connectivity index (χ2n) is 6.51. The van der Waals surface area contributed by atoms with E-state index in [1.54, 1.807) is 19.2 Å². The van der Waals surface area contributed by atoms with E-state index in [2.05, 4.69) is 10.8 Å². The molecule has 8 heteroatoms. The molecule has 0 saturated carbocycles. The Kier molecular flexibility index (Phi) is 5.84. The fourth-order valence-corrected chi connectivity index (χ4v) is 3.61. The van der Waals surface area contributed by atoms with Crippen LogP contribution in [0.25, 0.3) is 0 Å². The highest BCUT2D eigenvalue weighted by molar-refractivity contribution is 6.33. The lowest BCUT2D eigenvalue weighted by Crippen LogP contribution is -2.32. The number of hydroxylamine groups is 1. The Hall–Kier alpha value is -2.35. The molecule has 0 bridgehead atoms. The summed E-state index contributed by atoms with van der Waals surface area (Å²) in [5.74, 6) is -0.112. The average molecular weight is 392 g/mol. The van der Waals surface area contributed by atoms with Crippen molar-refractivity contribution in [2.24, 2.45) is 7.05 Å². The van der Waals surface area contributed by atoms with E-state index in [9.17, 15) is 9.59 Å². The third kappa shape index (κ3) is 3.85.